The van der Waals surface area contributed by atoms with Crippen molar-refractivity contribution >= 4 is 29.8 Å². The molecule has 2 rings (SSSR count). The zero-order valence-electron chi connectivity index (χ0n) is 9.35. The van der Waals surface area contributed by atoms with Crippen LogP contribution in [0.5, 0.6) is 5.88 Å². The van der Waals surface area contributed by atoms with Gasteiger partial charge in [0.15, 0.2) is 3.95 Å². The number of hydrogen-bond donors (Lipinski definition) is 1. The van der Waals surface area contributed by atoms with Gasteiger partial charge in [-0.3, -0.25) is 9.56 Å². The van der Waals surface area contributed by atoms with E-state index in [0.29, 0.717) is 16.5 Å². The molecule has 0 atom stereocenters. The minimum atomic E-state index is 0.263. The van der Waals surface area contributed by atoms with Gasteiger partial charge in [0.05, 0.1) is 0 Å². The quantitative estimate of drug-likeness (QED) is 0.665. The first kappa shape index (κ1) is 11.8. The Morgan fingerprint density at radius 1 is 1.56 bits per heavy atom. The second-order valence-electron chi connectivity index (χ2n) is 4.02. The lowest BCUT2D eigenvalue weighted by atomic mass is 10.3. The van der Waals surface area contributed by atoms with Gasteiger partial charge in [0.2, 0.25) is 5.88 Å². The van der Waals surface area contributed by atoms with Crippen molar-refractivity contribution in [1.29, 1.82) is 0 Å². The fraction of sp³-hybridized carbons (Fsp3) is 0.636. The topological polar surface area (TPSA) is 37.5 Å². The largest absolute Gasteiger partial charge is 0.493 e. The van der Waals surface area contributed by atoms with Crippen LogP contribution in [0.25, 0.3) is 0 Å². The maximum Gasteiger partial charge on any atom is 0.212 e. The summed E-state index contributed by atoms with van der Waals surface area (Å²) in [6.07, 6.45) is 6.70. The number of aliphatic imine (C=N–C) groups is 1. The zero-order chi connectivity index (χ0) is 11.5. The molecule has 0 aromatic carbocycles. The van der Waals surface area contributed by atoms with Gasteiger partial charge in [-0.25, -0.2) is 0 Å². The van der Waals surface area contributed by atoms with Crippen molar-refractivity contribution in [2.75, 3.05) is 0 Å². The van der Waals surface area contributed by atoms with Gasteiger partial charge < -0.3 is 5.11 Å². The molecule has 1 aromatic rings. The Morgan fingerprint density at radius 2 is 2.25 bits per heavy atom. The van der Waals surface area contributed by atoms with Crippen LogP contribution in [0, 0.1) is 3.95 Å². The Kier molecular flexibility index (Phi) is 3.76. The van der Waals surface area contributed by atoms with Gasteiger partial charge in [0.25, 0.3) is 0 Å². The van der Waals surface area contributed by atoms with E-state index >= 15 is 0 Å². The maximum atomic E-state index is 9.90. The third-order valence-electron chi connectivity index (χ3n) is 2.94. The van der Waals surface area contributed by atoms with Gasteiger partial charge >= 0.3 is 0 Å². The number of rotatable bonds is 3. The zero-order valence-corrected chi connectivity index (χ0v) is 11.0. The molecule has 0 amide bonds. The molecule has 0 bridgehead atoms. The van der Waals surface area contributed by atoms with Gasteiger partial charge in [-0.15, -0.1) is 0 Å². The summed E-state index contributed by atoms with van der Waals surface area (Å²) in [6, 6.07) is 0.449. The Bertz CT molecular complexity index is 441. The molecule has 1 heterocycles. The third kappa shape index (κ3) is 2.35. The van der Waals surface area contributed by atoms with Crippen LogP contribution < -0.4 is 0 Å². The number of nitrogens with zero attached hydrogens (tertiary/aromatic N) is 2. The van der Waals surface area contributed by atoms with E-state index in [0.717, 1.165) is 4.88 Å². The summed E-state index contributed by atoms with van der Waals surface area (Å²) in [5.41, 5.74) is 0. The molecule has 1 aliphatic carbocycles. The standard InChI is InChI=1S/C11H16N2OS2/c1-2-13-10(14)9(16-11(13)15)7-12-8-5-3-4-6-8/h7-8,14H,2-6H2,1H3. The molecule has 1 aliphatic rings. The van der Waals surface area contributed by atoms with Crippen LogP contribution >= 0.6 is 23.6 Å². The smallest absolute Gasteiger partial charge is 0.212 e. The van der Waals surface area contributed by atoms with Crippen LogP contribution in [0.15, 0.2) is 4.99 Å². The molecule has 0 saturated heterocycles. The Labute approximate surface area is 104 Å². The van der Waals surface area contributed by atoms with E-state index in [4.69, 9.17) is 12.2 Å². The molecule has 16 heavy (non-hydrogen) atoms. The minimum Gasteiger partial charge on any atom is -0.493 e. The molecule has 0 unspecified atom stereocenters. The second-order valence-corrected chi connectivity index (χ2v) is 5.69. The average molecular weight is 256 g/mol. The Morgan fingerprint density at radius 3 is 2.81 bits per heavy atom. The number of aromatic nitrogens is 1. The molecule has 0 aliphatic heterocycles. The maximum absolute atomic E-state index is 9.90. The molecule has 1 fully saturated rings. The van der Waals surface area contributed by atoms with Crippen LogP contribution in [0.3, 0.4) is 0 Å². The summed E-state index contributed by atoms with van der Waals surface area (Å²) in [5.74, 6) is 0.263. The lowest BCUT2D eigenvalue weighted by Crippen LogP contribution is -1.96. The molecule has 3 nitrogen and oxygen atoms in total. The third-order valence-corrected chi connectivity index (χ3v) is 4.31. The summed E-state index contributed by atoms with van der Waals surface area (Å²) in [5, 5.41) is 9.90. The van der Waals surface area contributed by atoms with Crippen LogP contribution in [-0.4, -0.2) is 21.9 Å². The number of thiazole rings is 1. The van der Waals surface area contributed by atoms with Crippen molar-refractivity contribution in [2.24, 2.45) is 4.99 Å². The average Bonchev–Trinajstić information content (AvgIpc) is 2.85. The summed E-state index contributed by atoms with van der Waals surface area (Å²) < 4.78 is 2.45. The van der Waals surface area contributed by atoms with Gasteiger partial charge in [0, 0.05) is 18.8 Å². The molecule has 1 saturated carbocycles. The first-order valence-corrected chi connectivity index (χ1v) is 6.90. The molecule has 1 N–H and O–H groups in total. The van der Waals surface area contributed by atoms with Gasteiger partial charge in [-0.05, 0) is 32.0 Å². The summed E-state index contributed by atoms with van der Waals surface area (Å²) in [7, 11) is 0. The SMILES string of the molecule is CCn1c(O)c(C=NC2CCCC2)sc1=S. The number of hydrogen-bond acceptors (Lipinski definition) is 4. The molecular formula is C11H16N2OS2. The molecule has 1 aromatic heterocycles. The van der Waals surface area contributed by atoms with Crippen LogP contribution in [0.4, 0.5) is 0 Å². The van der Waals surface area contributed by atoms with E-state index < -0.39 is 0 Å². The monoisotopic (exact) mass is 256 g/mol. The predicted octanol–water partition coefficient (Wildman–Crippen LogP) is 3.37. The van der Waals surface area contributed by atoms with E-state index in [1.807, 2.05) is 6.92 Å². The first-order chi connectivity index (χ1) is 7.72. The highest BCUT2D eigenvalue weighted by atomic mass is 32.1. The van der Waals surface area contributed by atoms with Crippen LogP contribution in [0.1, 0.15) is 37.5 Å². The second kappa shape index (κ2) is 5.10. The van der Waals surface area contributed by atoms with Crippen LogP contribution in [-0.2, 0) is 6.54 Å². The lowest BCUT2D eigenvalue weighted by Gasteiger charge is -2.00. The summed E-state index contributed by atoms with van der Waals surface area (Å²) >= 11 is 6.60. The molecule has 5 heteroatoms. The fourth-order valence-corrected chi connectivity index (χ4v) is 3.32. The van der Waals surface area contributed by atoms with Crippen LogP contribution in [0.2, 0.25) is 0 Å². The molecule has 0 radical (unpaired) electrons. The summed E-state index contributed by atoms with van der Waals surface area (Å²) in [6.45, 7) is 2.68. The lowest BCUT2D eigenvalue weighted by molar-refractivity contribution is 0.419. The fourth-order valence-electron chi connectivity index (χ4n) is 2.00. The van der Waals surface area contributed by atoms with E-state index in [2.05, 4.69) is 4.99 Å². The highest BCUT2D eigenvalue weighted by Crippen LogP contribution is 2.25. The first-order valence-electron chi connectivity index (χ1n) is 5.68. The normalized spacial score (nSPS) is 17.6. The highest BCUT2D eigenvalue weighted by Gasteiger charge is 2.14. The van der Waals surface area contributed by atoms with Gasteiger partial charge in [-0.2, -0.15) is 0 Å². The van der Waals surface area contributed by atoms with E-state index in [1.54, 1.807) is 10.8 Å². The Hall–Kier alpha value is -0.680. The summed E-state index contributed by atoms with van der Waals surface area (Å²) in [4.78, 5) is 5.30. The van der Waals surface area contributed by atoms with Crippen molar-refractivity contribution in [2.45, 2.75) is 45.2 Å². The van der Waals surface area contributed by atoms with Gasteiger partial charge in [0.1, 0.15) is 4.88 Å². The predicted molar refractivity (Wildman–Crippen MR) is 70.3 cm³/mol. The number of aromatic hydroxyl groups is 1. The van der Waals surface area contributed by atoms with Crippen molar-refractivity contribution in [1.82, 2.24) is 4.57 Å². The molecular weight excluding hydrogens is 240 g/mol. The van der Waals surface area contributed by atoms with E-state index in [-0.39, 0.29) is 5.88 Å². The van der Waals surface area contributed by atoms with Crippen molar-refractivity contribution in [3.8, 4) is 5.88 Å². The van der Waals surface area contributed by atoms with E-state index in [9.17, 15) is 5.11 Å². The van der Waals surface area contributed by atoms with E-state index in [1.165, 1.54) is 37.0 Å². The molecule has 0 spiro atoms. The minimum absolute atomic E-state index is 0.263. The van der Waals surface area contributed by atoms with Crippen molar-refractivity contribution in [3.63, 3.8) is 0 Å². The van der Waals surface area contributed by atoms with Gasteiger partial charge in [-0.1, -0.05) is 24.2 Å². The van der Waals surface area contributed by atoms with Crippen molar-refractivity contribution < 1.29 is 5.11 Å². The Balaban J connectivity index is 2.17. The van der Waals surface area contributed by atoms with Crippen molar-refractivity contribution in [3.05, 3.63) is 8.83 Å². The molecule has 88 valence electrons. The highest BCUT2D eigenvalue weighted by molar-refractivity contribution is 7.73.